The van der Waals surface area contributed by atoms with Gasteiger partial charge in [0.1, 0.15) is 0 Å². The summed E-state index contributed by atoms with van der Waals surface area (Å²) in [5.41, 5.74) is 3.40. The topological polar surface area (TPSA) is 75.4 Å². The van der Waals surface area contributed by atoms with Crippen LogP contribution < -0.4 is 9.80 Å². The van der Waals surface area contributed by atoms with Crippen LogP contribution in [-0.4, -0.2) is 14.9 Å². The molecular formula is C19H15N5O2. The first-order valence-electron chi connectivity index (χ1n) is 8.10. The molecule has 128 valence electrons. The maximum Gasteiger partial charge on any atom is 0.271 e. The number of aromatic nitrogens is 2. The summed E-state index contributed by atoms with van der Waals surface area (Å²) in [6.07, 6.45) is 3.47. The molecule has 2 radical (unpaired) electrons. The van der Waals surface area contributed by atoms with Crippen LogP contribution in [0.1, 0.15) is 11.4 Å². The Morgan fingerprint density at radius 1 is 0.885 bits per heavy atom. The van der Waals surface area contributed by atoms with Gasteiger partial charge in [-0.25, -0.2) is 0 Å². The summed E-state index contributed by atoms with van der Waals surface area (Å²) in [4.78, 5) is 23.2. The first-order valence-corrected chi connectivity index (χ1v) is 8.10. The zero-order valence-electron chi connectivity index (χ0n) is 13.8. The van der Waals surface area contributed by atoms with Gasteiger partial charge in [0, 0.05) is 24.5 Å². The third-order valence-electron chi connectivity index (χ3n) is 4.09. The van der Waals surface area contributed by atoms with Crippen molar-refractivity contribution < 1.29 is 4.92 Å². The molecule has 7 heteroatoms. The molecule has 0 saturated carbocycles. The lowest BCUT2D eigenvalue weighted by Gasteiger charge is -2.18. The lowest BCUT2D eigenvalue weighted by atomic mass is 10.2. The average Bonchev–Trinajstić information content (AvgIpc) is 3.00. The molecule has 0 atom stereocenters. The molecule has 26 heavy (non-hydrogen) atoms. The van der Waals surface area contributed by atoms with Crippen molar-refractivity contribution in [3.63, 3.8) is 0 Å². The number of rotatable bonds is 5. The summed E-state index contributed by atoms with van der Waals surface area (Å²) in [5, 5.41) is 11.2. The van der Waals surface area contributed by atoms with Gasteiger partial charge < -0.3 is 9.80 Å². The van der Waals surface area contributed by atoms with Crippen LogP contribution in [0.4, 0.5) is 17.1 Å². The largest absolute Gasteiger partial charge is 0.334 e. The van der Waals surface area contributed by atoms with E-state index in [0.29, 0.717) is 13.1 Å². The second-order valence-corrected chi connectivity index (χ2v) is 5.84. The van der Waals surface area contributed by atoms with Crippen LogP contribution in [-0.2, 0) is 13.1 Å². The van der Waals surface area contributed by atoms with Crippen molar-refractivity contribution in [3.05, 3.63) is 95.2 Å². The summed E-state index contributed by atoms with van der Waals surface area (Å²) in [6.45, 7) is 4.30. The van der Waals surface area contributed by atoms with Crippen molar-refractivity contribution in [2.75, 3.05) is 9.80 Å². The summed E-state index contributed by atoms with van der Waals surface area (Å²) in [5.74, 6) is 0. The van der Waals surface area contributed by atoms with Crippen molar-refractivity contribution in [2.24, 2.45) is 0 Å². The minimum Gasteiger partial charge on any atom is -0.334 e. The van der Waals surface area contributed by atoms with Gasteiger partial charge in [-0.2, -0.15) is 0 Å². The van der Waals surface area contributed by atoms with Gasteiger partial charge in [0.15, 0.2) is 0 Å². The van der Waals surface area contributed by atoms with E-state index in [1.54, 1.807) is 24.5 Å². The summed E-state index contributed by atoms with van der Waals surface area (Å²) in [6, 6.07) is 16.3. The van der Waals surface area contributed by atoms with Crippen LogP contribution in [0.3, 0.4) is 0 Å². The smallest absolute Gasteiger partial charge is 0.271 e. The van der Waals surface area contributed by atoms with Crippen LogP contribution in [0, 0.1) is 16.8 Å². The summed E-state index contributed by atoms with van der Waals surface area (Å²) >= 11 is 0. The predicted molar refractivity (Wildman–Crippen MR) is 97.2 cm³/mol. The number of hydrogen-bond donors (Lipinski definition) is 0. The Hall–Kier alpha value is -3.48. The summed E-state index contributed by atoms with van der Waals surface area (Å²) < 4.78 is 0. The molecule has 0 fully saturated rings. The minimum atomic E-state index is -0.388. The molecule has 3 heterocycles. The fourth-order valence-electron chi connectivity index (χ4n) is 2.87. The zero-order valence-corrected chi connectivity index (χ0v) is 13.8. The maximum absolute atomic E-state index is 11.2. The van der Waals surface area contributed by atoms with E-state index >= 15 is 0 Å². The maximum atomic E-state index is 11.2. The number of pyridine rings is 2. The molecule has 1 aliphatic heterocycles. The van der Waals surface area contributed by atoms with Gasteiger partial charge in [-0.1, -0.05) is 12.1 Å². The molecule has 0 spiro atoms. The monoisotopic (exact) mass is 345 g/mol. The van der Waals surface area contributed by atoms with Crippen LogP contribution in [0.2, 0.25) is 0 Å². The molecule has 0 unspecified atom stereocenters. The number of anilines is 2. The quantitative estimate of drug-likeness (QED) is 0.521. The third kappa shape index (κ3) is 3.19. The number of nitro groups is 1. The number of non-ortho nitro benzene ring substituents is 1. The number of benzene rings is 1. The molecular weight excluding hydrogens is 330 g/mol. The van der Waals surface area contributed by atoms with E-state index in [4.69, 9.17) is 0 Å². The summed E-state index contributed by atoms with van der Waals surface area (Å²) in [7, 11) is 0. The highest BCUT2D eigenvalue weighted by Crippen LogP contribution is 2.41. The fourth-order valence-corrected chi connectivity index (χ4v) is 2.87. The van der Waals surface area contributed by atoms with E-state index in [9.17, 15) is 10.1 Å². The molecule has 0 N–H and O–H groups in total. The van der Waals surface area contributed by atoms with Gasteiger partial charge >= 0.3 is 0 Å². The SMILES string of the molecule is O=[N+]([O-])c1ccc2c(c1)N(Cc1ccccn1)[C]N2Cc1ccccn1. The van der Waals surface area contributed by atoms with Crippen molar-refractivity contribution in [3.8, 4) is 0 Å². The molecule has 0 aliphatic carbocycles. The Morgan fingerprint density at radius 3 is 2.04 bits per heavy atom. The molecule has 7 nitrogen and oxygen atoms in total. The van der Waals surface area contributed by atoms with Gasteiger partial charge in [-0.15, -0.1) is 0 Å². The average molecular weight is 345 g/mol. The van der Waals surface area contributed by atoms with E-state index in [1.807, 2.05) is 46.2 Å². The number of nitrogens with zero attached hydrogens (tertiary/aromatic N) is 5. The number of hydrogen-bond acceptors (Lipinski definition) is 6. The van der Waals surface area contributed by atoms with Crippen LogP contribution in [0.15, 0.2) is 67.0 Å². The van der Waals surface area contributed by atoms with Gasteiger partial charge in [0.25, 0.3) is 5.69 Å². The van der Waals surface area contributed by atoms with Crippen molar-refractivity contribution in [1.82, 2.24) is 9.97 Å². The lowest BCUT2D eigenvalue weighted by Crippen LogP contribution is -2.25. The Bertz CT molecular complexity index is 918. The van der Waals surface area contributed by atoms with Crippen molar-refractivity contribution in [1.29, 1.82) is 0 Å². The first-order chi connectivity index (χ1) is 12.7. The minimum absolute atomic E-state index is 0.0521. The molecule has 2 aromatic heterocycles. The van der Waals surface area contributed by atoms with Crippen molar-refractivity contribution >= 4 is 17.1 Å². The zero-order chi connectivity index (χ0) is 17.9. The highest BCUT2D eigenvalue weighted by molar-refractivity contribution is 5.80. The molecule has 4 rings (SSSR count). The molecule has 0 amide bonds. The Balaban J connectivity index is 1.66. The van der Waals surface area contributed by atoms with Gasteiger partial charge in [-0.3, -0.25) is 20.1 Å². The molecule has 0 saturated heterocycles. The normalized spacial score (nSPS) is 12.9. The van der Waals surface area contributed by atoms with E-state index < -0.39 is 0 Å². The highest BCUT2D eigenvalue weighted by atomic mass is 16.6. The third-order valence-corrected chi connectivity index (χ3v) is 4.09. The van der Waals surface area contributed by atoms with Gasteiger partial charge in [0.2, 0.25) is 6.67 Å². The Morgan fingerprint density at radius 2 is 1.50 bits per heavy atom. The molecule has 0 bridgehead atoms. The first kappa shape index (κ1) is 16.0. The fraction of sp³-hybridized carbons (Fsp3) is 0.105. The van der Waals surface area contributed by atoms with Crippen LogP contribution in [0.5, 0.6) is 0 Å². The van der Waals surface area contributed by atoms with Crippen LogP contribution in [0.25, 0.3) is 0 Å². The molecule has 1 aliphatic rings. The van der Waals surface area contributed by atoms with E-state index in [-0.39, 0.29) is 10.6 Å². The second-order valence-electron chi connectivity index (χ2n) is 5.84. The Kier molecular flexibility index (Phi) is 4.18. The van der Waals surface area contributed by atoms with Gasteiger partial charge in [-0.05, 0) is 30.3 Å². The van der Waals surface area contributed by atoms with Crippen molar-refractivity contribution in [2.45, 2.75) is 13.1 Å². The van der Waals surface area contributed by atoms with Crippen LogP contribution >= 0.6 is 0 Å². The van der Waals surface area contributed by atoms with E-state index in [1.165, 1.54) is 6.07 Å². The lowest BCUT2D eigenvalue weighted by molar-refractivity contribution is -0.384. The van der Waals surface area contributed by atoms with E-state index in [0.717, 1.165) is 22.8 Å². The molecule has 1 aromatic carbocycles. The van der Waals surface area contributed by atoms with Gasteiger partial charge in [0.05, 0.1) is 40.8 Å². The predicted octanol–water partition coefficient (Wildman–Crippen LogP) is 3.41. The number of nitro benzene ring substituents is 1. The highest BCUT2D eigenvalue weighted by Gasteiger charge is 2.30. The second kappa shape index (κ2) is 6.79. The standard InChI is InChI=1S/C19H15N5O2/c25-24(26)17-7-8-18-19(11-17)23(13-16-6-2-4-10-21-16)14-22(18)12-15-5-1-3-9-20-15/h1-11H,12-13H2. The van der Waals surface area contributed by atoms with E-state index in [2.05, 4.69) is 16.6 Å². The Labute approximate surface area is 150 Å². The molecule has 3 aromatic rings. The number of fused-ring (bicyclic) bond motifs is 1.